The molecule has 2 heterocycles. The Balaban J connectivity index is 1.97. The highest BCUT2D eigenvalue weighted by Crippen LogP contribution is 2.15. The second kappa shape index (κ2) is 7.56. The topological polar surface area (TPSA) is 59.4 Å². The van der Waals surface area contributed by atoms with Gasteiger partial charge in [0, 0.05) is 58.3 Å². The van der Waals surface area contributed by atoms with Crippen LogP contribution in [0.25, 0.3) is 0 Å². The van der Waals surface area contributed by atoms with Crippen LogP contribution in [-0.2, 0) is 11.8 Å². The lowest BCUT2D eigenvalue weighted by molar-refractivity contribution is 0.181. The summed E-state index contributed by atoms with van der Waals surface area (Å²) < 4.78 is 6.70. The first-order valence-corrected chi connectivity index (χ1v) is 7.63. The number of aromatic nitrogens is 2. The number of piperidine rings is 1. The number of rotatable bonds is 6. The Morgan fingerprint density at radius 2 is 2.38 bits per heavy atom. The molecule has 1 aromatic rings. The van der Waals surface area contributed by atoms with Crippen LogP contribution in [0.15, 0.2) is 17.2 Å². The van der Waals surface area contributed by atoms with Crippen molar-refractivity contribution in [2.45, 2.75) is 38.3 Å². The monoisotopic (exact) mass is 294 g/mol. The Morgan fingerprint density at radius 1 is 1.57 bits per heavy atom. The second-order valence-electron chi connectivity index (χ2n) is 5.80. The molecule has 6 heteroatoms. The van der Waals surface area contributed by atoms with Crippen LogP contribution in [0.5, 0.6) is 0 Å². The van der Waals surface area contributed by atoms with Crippen LogP contribution >= 0.6 is 0 Å². The van der Waals surface area contributed by atoms with Gasteiger partial charge in [-0.2, -0.15) is 0 Å². The molecule has 1 aliphatic rings. The zero-order chi connectivity index (χ0) is 15.2. The van der Waals surface area contributed by atoms with E-state index in [4.69, 9.17) is 4.74 Å². The van der Waals surface area contributed by atoms with Crippen LogP contribution in [-0.4, -0.2) is 48.4 Å². The molecule has 0 bridgehead atoms. The van der Waals surface area contributed by atoms with Crippen molar-refractivity contribution in [1.29, 1.82) is 0 Å². The zero-order valence-electron chi connectivity index (χ0n) is 13.2. The number of hydrogen-bond acceptors (Lipinski definition) is 5. The van der Waals surface area contributed by atoms with Gasteiger partial charge in [0.15, 0.2) is 5.82 Å². The second-order valence-corrected chi connectivity index (χ2v) is 5.80. The van der Waals surface area contributed by atoms with Crippen molar-refractivity contribution in [3.05, 3.63) is 22.7 Å². The van der Waals surface area contributed by atoms with E-state index in [0.717, 1.165) is 39.0 Å². The SMILES string of the molecule is COCC[C@H](C)N[C@H]1CCCN(c2nccn(C)c2=O)C1. The quantitative estimate of drug-likeness (QED) is 0.839. The Morgan fingerprint density at radius 3 is 3.14 bits per heavy atom. The Bertz CT molecular complexity index is 503. The van der Waals surface area contributed by atoms with Crippen LogP contribution in [0.3, 0.4) is 0 Å². The molecule has 1 N–H and O–H groups in total. The van der Waals surface area contributed by atoms with Crippen molar-refractivity contribution in [1.82, 2.24) is 14.9 Å². The zero-order valence-corrected chi connectivity index (χ0v) is 13.2. The maximum absolute atomic E-state index is 12.2. The van der Waals surface area contributed by atoms with Crippen LogP contribution < -0.4 is 15.8 Å². The van der Waals surface area contributed by atoms with Gasteiger partial charge in [-0.05, 0) is 26.2 Å². The molecular formula is C15H26N4O2. The van der Waals surface area contributed by atoms with Crippen molar-refractivity contribution in [2.24, 2.45) is 7.05 Å². The molecule has 6 nitrogen and oxygen atoms in total. The third-order valence-corrected chi connectivity index (χ3v) is 3.99. The highest BCUT2D eigenvalue weighted by molar-refractivity contribution is 5.36. The minimum absolute atomic E-state index is 0.0226. The van der Waals surface area contributed by atoms with Crippen molar-refractivity contribution < 1.29 is 4.74 Å². The highest BCUT2D eigenvalue weighted by Gasteiger charge is 2.23. The van der Waals surface area contributed by atoms with Crippen molar-refractivity contribution >= 4 is 5.82 Å². The summed E-state index contributed by atoms with van der Waals surface area (Å²) in [6.45, 7) is 4.68. The molecule has 0 unspecified atom stereocenters. The number of methoxy groups -OCH3 is 1. The summed E-state index contributed by atoms with van der Waals surface area (Å²) in [5, 5.41) is 3.63. The fraction of sp³-hybridized carbons (Fsp3) is 0.733. The number of hydrogen-bond donors (Lipinski definition) is 1. The van der Waals surface area contributed by atoms with Gasteiger partial charge in [-0.3, -0.25) is 4.79 Å². The van der Waals surface area contributed by atoms with E-state index in [1.54, 1.807) is 31.1 Å². The normalized spacial score (nSPS) is 20.5. The molecule has 1 fully saturated rings. The van der Waals surface area contributed by atoms with Gasteiger partial charge in [-0.25, -0.2) is 4.98 Å². The maximum Gasteiger partial charge on any atom is 0.293 e. The van der Waals surface area contributed by atoms with Crippen molar-refractivity contribution in [3.8, 4) is 0 Å². The fourth-order valence-electron chi connectivity index (χ4n) is 2.79. The third kappa shape index (κ3) is 4.28. The van der Waals surface area contributed by atoms with E-state index in [0.29, 0.717) is 17.9 Å². The summed E-state index contributed by atoms with van der Waals surface area (Å²) in [6.07, 6.45) is 6.60. The first kappa shape index (κ1) is 16.0. The number of aryl methyl sites for hydroxylation is 1. The minimum atomic E-state index is -0.0226. The number of anilines is 1. The summed E-state index contributed by atoms with van der Waals surface area (Å²) in [4.78, 5) is 18.5. The van der Waals surface area contributed by atoms with Gasteiger partial charge in [-0.15, -0.1) is 0 Å². The summed E-state index contributed by atoms with van der Waals surface area (Å²) >= 11 is 0. The minimum Gasteiger partial charge on any atom is -0.385 e. The molecular weight excluding hydrogens is 268 g/mol. The summed E-state index contributed by atoms with van der Waals surface area (Å²) in [5.41, 5.74) is -0.0226. The lowest BCUT2D eigenvalue weighted by Gasteiger charge is -2.35. The van der Waals surface area contributed by atoms with Gasteiger partial charge in [0.2, 0.25) is 0 Å². The molecule has 21 heavy (non-hydrogen) atoms. The van der Waals surface area contributed by atoms with Crippen LogP contribution in [0.2, 0.25) is 0 Å². The molecule has 0 amide bonds. The third-order valence-electron chi connectivity index (χ3n) is 3.99. The van der Waals surface area contributed by atoms with E-state index in [2.05, 4.69) is 22.1 Å². The summed E-state index contributed by atoms with van der Waals surface area (Å²) in [6, 6.07) is 0.818. The Kier molecular flexibility index (Phi) is 5.76. The van der Waals surface area contributed by atoms with Gasteiger partial charge in [0.05, 0.1) is 0 Å². The standard InChI is InChI=1S/C15H26N4O2/c1-12(6-10-21-3)17-13-5-4-8-19(11-13)14-15(20)18(2)9-7-16-14/h7,9,12-13,17H,4-6,8,10-11H2,1-3H3/t12-,13-/m0/s1. The molecule has 0 aromatic carbocycles. The molecule has 1 saturated heterocycles. The number of nitrogens with one attached hydrogen (secondary N) is 1. The first-order chi connectivity index (χ1) is 10.1. The van der Waals surface area contributed by atoms with E-state index in [-0.39, 0.29) is 5.56 Å². The van der Waals surface area contributed by atoms with Gasteiger partial charge >= 0.3 is 0 Å². The summed E-state index contributed by atoms with van der Waals surface area (Å²) in [5.74, 6) is 0.566. The van der Waals surface area contributed by atoms with E-state index in [1.807, 2.05) is 0 Å². The highest BCUT2D eigenvalue weighted by atomic mass is 16.5. The molecule has 2 rings (SSSR count). The molecule has 2 atom stereocenters. The first-order valence-electron chi connectivity index (χ1n) is 7.63. The van der Waals surface area contributed by atoms with E-state index in [9.17, 15) is 4.79 Å². The smallest absolute Gasteiger partial charge is 0.293 e. The lowest BCUT2D eigenvalue weighted by atomic mass is 10.0. The number of ether oxygens (including phenoxy) is 1. The van der Waals surface area contributed by atoms with Gasteiger partial charge < -0.3 is 19.5 Å². The molecule has 0 saturated carbocycles. The molecule has 1 aromatic heterocycles. The Labute approximate surface area is 126 Å². The molecule has 0 aliphatic carbocycles. The van der Waals surface area contributed by atoms with Gasteiger partial charge in [0.1, 0.15) is 0 Å². The number of nitrogens with zero attached hydrogens (tertiary/aromatic N) is 3. The van der Waals surface area contributed by atoms with E-state index in [1.165, 1.54) is 0 Å². The molecule has 1 aliphatic heterocycles. The molecule has 0 radical (unpaired) electrons. The summed E-state index contributed by atoms with van der Waals surface area (Å²) in [7, 11) is 3.49. The van der Waals surface area contributed by atoms with Gasteiger partial charge in [-0.1, -0.05) is 0 Å². The predicted molar refractivity (Wildman–Crippen MR) is 83.8 cm³/mol. The van der Waals surface area contributed by atoms with E-state index < -0.39 is 0 Å². The van der Waals surface area contributed by atoms with Crippen LogP contribution in [0, 0.1) is 0 Å². The average Bonchev–Trinajstić information content (AvgIpc) is 2.48. The largest absolute Gasteiger partial charge is 0.385 e. The predicted octanol–water partition coefficient (Wildman–Crippen LogP) is 0.764. The van der Waals surface area contributed by atoms with Gasteiger partial charge in [0.25, 0.3) is 5.56 Å². The van der Waals surface area contributed by atoms with Crippen molar-refractivity contribution in [3.63, 3.8) is 0 Å². The van der Waals surface area contributed by atoms with Crippen molar-refractivity contribution in [2.75, 3.05) is 31.7 Å². The molecule has 0 spiro atoms. The lowest BCUT2D eigenvalue weighted by Crippen LogP contribution is -2.50. The van der Waals surface area contributed by atoms with E-state index >= 15 is 0 Å². The van der Waals surface area contributed by atoms with Crippen LogP contribution in [0.4, 0.5) is 5.82 Å². The average molecular weight is 294 g/mol. The fourth-order valence-corrected chi connectivity index (χ4v) is 2.79. The Hall–Kier alpha value is -1.40. The van der Waals surface area contributed by atoms with Crippen LogP contribution in [0.1, 0.15) is 26.2 Å². The maximum atomic E-state index is 12.2. The molecule has 118 valence electrons.